The first-order chi connectivity index (χ1) is 9.68. The number of carbonyl (C=O) groups is 1. The van der Waals surface area contributed by atoms with Crippen LogP contribution >= 0.6 is 0 Å². The zero-order chi connectivity index (χ0) is 15.9. The van der Waals surface area contributed by atoms with Crippen molar-refractivity contribution in [3.8, 4) is 0 Å². The van der Waals surface area contributed by atoms with E-state index in [9.17, 15) is 4.79 Å². The minimum atomic E-state index is 0.0606. The molecule has 1 aromatic rings. The number of hydrogen-bond acceptors (Lipinski definition) is 1. The molecule has 1 unspecified atom stereocenters. The average molecular weight is 282 g/mol. The lowest BCUT2D eigenvalue weighted by Gasteiger charge is -2.22. The normalized spacial score (nSPS) is 19.5. The summed E-state index contributed by atoms with van der Waals surface area (Å²) in [5.74, 6) is 0.393. The Morgan fingerprint density at radius 3 is 2.10 bits per heavy atom. The Hall–Kier alpha value is -1.63. The second-order valence-corrected chi connectivity index (χ2v) is 7.24. The molecular formula is C20H26O. The maximum atomic E-state index is 11.6. The van der Waals surface area contributed by atoms with E-state index in [0.717, 1.165) is 17.4 Å². The van der Waals surface area contributed by atoms with E-state index in [4.69, 9.17) is 0 Å². The van der Waals surface area contributed by atoms with Crippen molar-refractivity contribution in [2.45, 2.75) is 53.9 Å². The quantitative estimate of drug-likeness (QED) is 0.649. The number of aldehydes is 1. The van der Waals surface area contributed by atoms with Gasteiger partial charge in [0.2, 0.25) is 0 Å². The van der Waals surface area contributed by atoms with Crippen LogP contribution in [0.2, 0.25) is 0 Å². The summed E-state index contributed by atoms with van der Waals surface area (Å²) >= 11 is 0. The van der Waals surface area contributed by atoms with Gasteiger partial charge in [-0.25, -0.2) is 0 Å². The molecule has 112 valence electrons. The lowest BCUT2D eigenvalue weighted by molar-refractivity contribution is 0.112. The second-order valence-electron chi connectivity index (χ2n) is 7.24. The molecule has 0 saturated carbocycles. The lowest BCUT2D eigenvalue weighted by atomic mass is 9.82. The fourth-order valence-electron chi connectivity index (χ4n) is 3.17. The Balaban J connectivity index is 2.60. The van der Waals surface area contributed by atoms with Crippen molar-refractivity contribution in [1.29, 1.82) is 0 Å². The van der Waals surface area contributed by atoms with Gasteiger partial charge < -0.3 is 0 Å². The standard InChI is InChI=1S/C20H26O/c1-12-13(2)15(4)19(14(12)3)18-9-8-17(20(5,6)7)10-16(18)11-21/h8-11,14H,1-7H3. The molecule has 21 heavy (non-hydrogen) atoms. The van der Waals surface area contributed by atoms with Crippen molar-refractivity contribution in [1.82, 2.24) is 0 Å². The second kappa shape index (κ2) is 5.29. The summed E-state index contributed by atoms with van der Waals surface area (Å²) < 4.78 is 0. The number of allylic oxidation sites excluding steroid dienone is 4. The lowest BCUT2D eigenvalue weighted by Crippen LogP contribution is -2.12. The maximum absolute atomic E-state index is 11.6. The number of rotatable bonds is 2. The van der Waals surface area contributed by atoms with Crippen LogP contribution in [0.25, 0.3) is 5.57 Å². The third kappa shape index (κ3) is 2.62. The van der Waals surface area contributed by atoms with E-state index in [1.807, 2.05) is 0 Å². The molecule has 0 aliphatic heterocycles. The molecule has 0 aromatic heterocycles. The third-order valence-electron chi connectivity index (χ3n) is 4.98. The van der Waals surface area contributed by atoms with Gasteiger partial charge >= 0.3 is 0 Å². The van der Waals surface area contributed by atoms with Crippen molar-refractivity contribution in [2.24, 2.45) is 5.92 Å². The van der Waals surface area contributed by atoms with Crippen LogP contribution in [0.4, 0.5) is 0 Å². The molecule has 1 aromatic carbocycles. The highest BCUT2D eigenvalue weighted by molar-refractivity contribution is 5.90. The molecule has 0 bridgehead atoms. The molecule has 1 nitrogen and oxygen atoms in total. The van der Waals surface area contributed by atoms with Gasteiger partial charge in [-0.05, 0) is 60.1 Å². The molecule has 0 fully saturated rings. The van der Waals surface area contributed by atoms with Gasteiger partial charge in [0.05, 0.1) is 0 Å². The predicted octanol–water partition coefficient (Wildman–Crippen LogP) is 5.56. The molecule has 0 spiro atoms. The zero-order valence-electron chi connectivity index (χ0n) is 14.3. The molecule has 1 aliphatic carbocycles. The van der Waals surface area contributed by atoms with Gasteiger partial charge in [-0.2, -0.15) is 0 Å². The van der Waals surface area contributed by atoms with Crippen LogP contribution in [0.3, 0.4) is 0 Å². The molecule has 0 saturated heterocycles. The first-order valence-corrected chi connectivity index (χ1v) is 7.67. The van der Waals surface area contributed by atoms with Gasteiger partial charge in [0.15, 0.2) is 6.29 Å². The molecule has 1 heteroatoms. The van der Waals surface area contributed by atoms with E-state index in [1.165, 1.54) is 27.9 Å². The Bertz CT molecular complexity index is 651. The Kier molecular flexibility index (Phi) is 3.97. The minimum absolute atomic E-state index is 0.0606. The van der Waals surface area contributed by atoms with Crippen LogP contribution in [-0.4, -0.2) is 6.29 Å². The first-order valence-electron chi connectivity index (χ1n) is 7.67. The summed E-state index contributed by atoms with van der Waals surface area (Å²) in [7, 11) is 0. The van der Waals surface area contributed by atoms with Gasteiger partial charge in [0.25, 0.3) is 0 Å². The molecule has 1 atom stereocenters. The van der Waals surface area contributed by atoms with E-state index < -0.39 is 0 Å². The van der Waals surface area contributed by atoms with Crippen molar-refractivity contribution < 1.29 is 4.79 Å². The predicted molar refractivity (Wildman–Crippen MR) is 90.7 cm³/mol. The van der Waals surface area contributed by atoms with E-state index in [-0.39, 0.29) is 5.41 Å². The smallest absolute Gasteiger partial charge is 0.150 e. The summed E-state index contributed by atoms with van der Waals surface area (Å²) in [5, 5.41) is 0. The summed E-state index contributed by atoms with van der Waals surface area (Å²) in [6, 6.07) is 6.35. The van der Waals surface area contributed by atoms with Gasteiger partial charge in [-0.15, -0.1) is 0 Å². The van der Waals surface area contributed by atoms with E-state index in [2.05, 4.69) is 66.7 Å². The topological polar surface area (TPSA) is 17.1 Å². The van der Waals surface area contributed by atoms with Gasteiger partial charge in [-0.1, -0.05) is 45.4 Å². The van der Waals surface area contributed by atoms with Crippen LogP contribution in [0, 0.1) is 5.92 Å². The van der Waals surface area contributed by atoms with E-state index in [0.29, 0.717) is 5.92 Å². The van der Waals surface area contributed by atoms with Gasteiger partial charge in [0, 0.05) is 11.5 Å². The van der Waals surface area contributed by atoms with Crippen LogP contribution < -0.4 is 0 Å². The molecule has 0 amide bonds. The van der Waals surface area contributed by atoms with Crippen molar-refractivity contribution in [3.63, 3.8) is 0 Å². The molecule has 1 aliphatic rings. The van der Waals surface area contributed by atoms with E-state index >= 15 is 0 Å². The fourth-order valence-corrected chi connectivity index (χ4v) is 3.17. The minimum Gasteiger partial charge on any atom is -0.298 e. The van der Waals surface area contributed by atoms with E-state index in [1.54, 1.807) is 0 Å². The van der Waals surface area contributed by atoms with Crippen LogP contribution in [0.15, 0.2) is 34.9 Å². The fraction of sp³-hybridized carbons (Fsp3) is 0.450. The maximum Gasteiger partial charge on any atom is 0.150 e. The summed E-state index contributed by atoms with van der Waals surface area (Å²) in [6.45, 7) is 15.3. The highest BCUT2D eigenvalue weighted by Crippen LogP contribution is 2.43. The Morgan fingerprint density at radius 2 is 1.67 bits per heavy atom. The highest BCUT2D eigenvalue weighted by Gasteiger charge is 2.26. The highest BCUT2D eigenvalue weighted by atomic mass is 16.1. The molecular weight excluding hydrogens is 256 g/mol. The molecule has 0 heterocycles. The molecule has 0 radical (unpaired) electrons. The first kappa shape index (κ1) is 15.8. The van der Waals surface area contributed by atoms with Crippen LogP contribution in [-0.2, 0) is 5.41 Å². The van der Waals surface area contributed by atoms with Crippen molar-refractivity contribution in [3.05, 3.63) is 51.6 Å². The Morgan fingerprint density at radius 1 is 1.05 bits per heavy atom. The largest absolute Gasteiger partial charge is 0.298 e. The van der Waals surface area contributed by atoms with Crippen LogP contribution in [0.1, 0.15) is 70.0 Å². The molecule has 0 N–H and O–H groups in total. The van der Waals surface area contributed by atoms with Crippen molar-refractivity contribution in [2.75, 3.05) is 0 Å². The summed E-state index contributed by atoms with van der Waals surface area (Å²) in [6.07, 6.45) is 1.00. The number of hydrogen-bond donors (Lipinski definition) is 0. The van der Waals surface area contributed by atoms with Crippen LogP contribution in [0.5, 0.6) is 0 Å². The van der Waals surface area contributed by atoms with Crippen molar-refractivity contribution >= 4 is 11.9 Å². The van der Waals surface area contributed by atoms with Gasteiger partial charge in [0.1, 0.15) is 0 Å². The summed E-state index contributed by atoms with van der Waals surface area (Å²) in [4.78, 5) is 11.6. The zero-order valence-corrected chi connectivity index (χ0v) is 14.3. The monoisotopic (exact) mass is 282 g/mol. The summed E-state index contributed by atoms with van der Waals surface area (Å²) in [5.41, 5.74) is 8.60. The molecule has 2 rings (SSSR count). The Labute approximate surface area is 128 Å². The average Bonchev–Trinajstić information content (AvgIpc) is 2.61. The number of benzene rings is 1. The SMILES string of the molecule is CC1=C(C)C(C)C(c2ccc(C(C)(C)C)cc2C=O)=C1C. The third-order valence-corrected chi connectivity index (χ3v) is 4.98. The number of carbonyl (C=O) groups excluding carboxylic acids is 1. The van der Waals surface area contributed by atoms with Gasteiger partial charge in [-0.3, -0.25) is 4.79 Å².